The molecule has 5 nitrogen and oxygen atoms in total. The minimum atomic E-state index is -0.409. The molecule has 5 rings (SSSR count). The van der Waals surface area contributed by atoms with Gasteiger partial charge in [0.15, 0.2) is 5.78 Å². The SMILES string of the molecule is CCn1c2ccc(C(=O)C(CCSc3ccc(Cl)cc3)=NC(C)=O)cc2c2cc(C(=O)c3ccccc3C)ccc21. The van der Waals surface area contributed by atoms with E-state index in [1.54, 1.807) is 17.8 Å². The van der Waals surface area contributed by atoms with Gasteiger partial charge in [-0.1, -0.05) is 35.9 Å². The normalized spacial score (nSPS) is 11.8. The van der Waals surface area contributed by atoms with Crippen molar-refractivity contribution in [2.45, 2.75) is 38.6 Å². The fourth-order valence-electron chi connectivity index (χ4n) is 5.08. The number of carbonyl (C=O) groups is 3. The van der Waals surface area contributed by atoms with E-state index in [4.69, 9.17) is 11.6 Å². The van der Waals surface area contributed by atoms with Gasteiger partial charge in [-0.3, -0.25) is 14.4 Å². The maximum atomic E-state index is 13.7. The number of fused-ring (bicyclic) bond motifs is 3. The Kier molecular flexibility index (Phi) is 8.52. The van der Waals surface area contributed by atoms with Crippen molar-refractivity contribution in [3.8, 4) is 0 Å². The number of rotatable bonds is 9. The molecular formula is C34H29ClN2O3S. The summed E-state index contributed by atoms with van der Waals surface area (Å²) in [4.78, 5) is 44.1. The molecule has 0 aliphatic heterocycles. The van der Waals surface area contributed by atoms with Crippen molar-refractivity contribution in [1.82, 2.24) is 4.57 Å². The van der Waals surface area contributed by atoms with Crippen molar-refractivity contribution in [2.24, 2.45) is 4.99 Å². The zero-order valence-electron chi connectivity index (χ0n) is 23.1. The lowest BCUT2D eigenvalue weighted by atomic mass is 9.97. The summed E-state index contributed by atoms with van der Waals surface area (Å²) < 4.78 is 2.17. The van der Waals surface area contributed by atoms with Crippen molar-refractivity contribution in [1.29, 1.82) is 0 Å². The molecule has 0 saturated carbocycles. The summed E-state index contributed by atoms with van der Waals surface area (Å²) in [5, 5.41) is 2.44. The number of carbonyl (C=O) groups excluding carboxylic acids is 3. The smallest absolute Gasteiger partial charge is 0.242 e. The van der Waals surface area contributed by atoms with Gasteiger partial charge in [-0.15, -0.1) is 11.8 Å². The van der Waals surface area contributed by atoms with Gasteiger partial charge in [-0.25, -0.2) is 4.99 Å². The average molecular weight is 581 g/mol. The molecule has 206 valence electrons. The third-order valence-electron chi connectivity index (χ3n) is 7.07. The molecule has 0 atom stereocenters. The maximum Gasteiger partial charge on any atom is 0.242 e. The molecule has 0 unspecified atom stereocenters. The minimum Gasteiger partial charge on any atom is -0.341 e. The molecule has 0 radical (unpaired) electrons. The topological polar surface area (TPSA) is 68.5 Å². The molecule has 0 spiro atoms. The van der Waals surface area contributed by atoms with Crippen LogP contribution >= 0.6 is 23.4 Å². The van der Waals surface area contributed by atoms with Crippen LogP contribution in [0.2, 0.25) is 5.02 Å². The Hall–Kier alpha value is -4.00. The Balaban J connectivity index is 1.50. The zero-order valence-corrected chi connectivity index (χ0v) is 24.7. The van der Waals surface area contributed by atoms with E-state index in [9.17, 15) is 14.4 Å². The number of aromatic nitrogens is 1. The third kappa shape index (κ3) is 6.04. The van der Waals surface area contributed by atoms with E-state index in [1.165, 1.54) is 6.92 Å². The fourth-order valence-corrected chi connectivity index (χ4v) is 6.07. The van der Waals surface area contributed by atoms with E-state index in [1.807, 2.05) is 85.8 Å². The van der Waals surface area contributed by atoms with Crippen LogP contribution in [0.3, 0.4) is 0 Å². The Morgan fingerprint density at radius 3 is 2.12 bits per heavy atom. The second-order valence-electron chi connectivity index (χ2n) is 9.81. The van der Waals surface area contributed by atoms with Crippen molar-refractivity contribution >= 4 is 68.4 Å². The van der Waals surface area contributed by atoms with Crippen molar-refractivity contribution in [2.75, 3.05) is 5.75 Å². The quantitative estimate of drug-likeness (QED) is 0.0997. The van der Waals surface area contributed by atoms with Crippen LogP contribution in [0.4, 0.5) is 0 Å². The van der Waals surface area contributed by atoms with Crippen molar-refractivity contribution in [3.05, 3.63) is 112 Å². The van der Waals surface area contributed by atoms with Gasteiger partial charge >= 0.3 is 0 Å². The number of hydrogen-bond acceptors (Lipinski definition) is 4. The number of hydrogen-bond donors (Lipinski definition) is 0. The summed E-state index contributed by atoms with van der Waals surface area (Å²) in [5.74, 6) is -0.138. The highest BCUT2D eigenvalue weighted by Gasteiger charge is 2.19. The molecule has 0 bridgehead atoms. The number of nitrogens with zero attached hydrogens (tertiary/aromatic N) is 2. The van der Waals surface area contributed by atoms with Crippen LogP contribution in [0.5, 0.6) is 0 Å². The first kappa shape index (κ1) is 28.5. The fraction of sp³-hybridized carbons (Fsp3) is 0.176. The maximum absolute atomic E-state index is 13.7. The zero-order chi connectivity index (χ0) is 29.1. The van der Waals surface area contributed by atoms with Crippen LogP contribution < -0.4 is 0 Å². The monoisotopic (exact) mass is 580 g/mol. The van der Waals surface area contributed by atoms with Crippen molar-refractivity contribution in [3.63, 3.8) is 0 Å². The number of Topliss-reactive ketones (excluding diaryl/α,β-unsaturated/α-hetero) is 1. The highest BCUT2D eigenvalue weighted by atomic mass is 35.5. The standard InChI is InChI=1S/C34H29ClN2O3S/c1-4-37-31-15-9-23(33(39)27-8-6-5-7-21(27)2)19-28(31)29-20-24(10-16-32(29)37)34(40)30(36-22(3)38)17-18-41-26-13-11-25(35)12-14-26/h5-16,19-20H,4,17-18H2,1-3H3. The largest absolute Gasteiger partial charge is 0.341 e. The van der Waals surface area contributed by atoms with Crippen LogP contribution in [-0.4, -0.2) is 33.5 Å². The number of aryl methyl sites for hydroxylation is 2. The minimum absolute atomic E-state index is 0.0382. The summed E-state index contributed by atoms with van der Waals surface area (Å²) in [6.45, 7) is 6.09. The van der Waals surface area contributed by atoms with Crippen LogP contribution in [0.25, 0.3) is 21.8 Å². The molecule has 0 fully saturated rings. The van der Waals surface area contributed by atoms with Gasteiger partial charge in [0.05, 0.1) is 5.71 Å². The summed E-state index contributed by atoms with van der Waals surface area (Å²) >= 11 is 7.55. The highest BCUT2D eigenvalue weighted by molar-refractivity contribution is 7.99. The molecule has 1 aromatic heterocycles. The molecule has 1 amide bonds. The van der Waals surface area contributed by atoms with Gasteiger partial charge in [0.25, 0.3) is 0 Å². The van der Waals surface area contributed by atoms with Gasteiger partial charge in [-0.2, -0.15) is 0 Å². The number of aliphatic imine (C=N–C) groups is 1. The number of ketones is 2. The lowest BCUT2D eigenvalue weighted by Gasteiger charge is -2.07. The lowest BCUT2D eigenvalue weighted by Crippen LogP contribution is -2.17. The summed E-state index contributed by atoms with van der Waals surface area (Å²) in [5.41, 5.74) is 4.84. The number of benzene rings is 4. The Morgan fingerprint density at radius 2 is 1.49 bits per heavy atom. The van der Waals surface area contributed by atoms with E-state index >= 15 is 0 Å². The van der Waals surface area contributed by atoms with Crippen molar-refractivity contribution < 1.29 is 14.4 Å². The number of thioether (sulfide) groups is 1. The molecule has 7 heteroatoms. The van der Waals surface area contributed by atoms with E-state index < -0.39 is 5.91 Å². The first-order valence-electron chi connectivity index (χ1n) is 13.4. The van der Waals surface area contributed by atoms with E-state index in [0.29, 0.717) is 33.9 Å². The van der Waals surface area contributed by atoms with Crippen LogP contribution in [0, 0.1) is 6.92 Å². The summed E-state index contributed by atoms with van der Waals surface area (Å²) in [6.07, 6.45) is 0.343. The summed E-state index contributed by atoms with van der Waals surface area (Å²) in [7, 11) is 0. The third-order valence-corrected chi connectivity index (χ3v) is 8.34. The molecule has 4 aromatic carbocycles. The van der Waals surface area contributed by atoms with Gasteiger partial charge in [0.1, 0.15) is 0 Å². The van der Waals surface area contributed by atoms with Crippen LogP contribution in [0.15, 0.2) is 94.8 Å². The molecule has 0 N–H and O–H groups in total. The van der Waals surface area contributed by atoms with Gasteiger partial charge in [0.2, 0.25) is 11.7 Å². The number of amides is 1. The molecule has 5 aromatic rings. The Labute approximate surface area is 248 Å². The molecular weight excluding hydrogens is 552 g/mol. The lowest BCUT2D eigenvalue weighted by molar-refractivity contribution is -0.115. The summed E-state index contributed by atoms with van der Waals surface area (Å²) in [6, 6.07) is 26.4. The first-order chi connectivity index (χ1) is 19.8. The van der Waals surface area contributed by atoms with E-state index in [0.717, 1.165) is 38.8 Å². The molecule has 0 aliphatic carbocycles. The van der Waals surface area contributed by atoms with E-state index in [-0.39, 0.29) is 17.3 Å². The molecule has 0 saturated heterocycles. The number of halogens is 1. The predicted octanol–water partition coefficient (Wildman–Crippen LogP) is 8.36. The second kappa shape index (κ2) is 12.2. The highest BCUT2D eigenvalue weighted by Crippen LogP contribution is 2.32. The first-order valence-corrected chi connectivity index (χ1v) is 14.8. The van der Waals surface area contributed by atoms with Gasteiger partial charge < -0.3 is 4.57 Å². The molecule has 1 heterocycles. The van der Waals surface area contributed by atoms with Crippen LogP contribution in [0.1, 0.15) is 52.1 Å². The molecule has 0 aliphatic rings. The van der Waals surface area contributed by atoms with E-state index in [2.05, 4.69) is 16.5 Å². The van der Waals surface area contributed by atoms with Crippen LogP contribution in [-0.2, 0) is 11.3 Å². The Bertz CT molecular complexity index is 1840. The second-order valence-corrected chi connectivity index (χ2v) is 11.4. The van der Waals surface area contributed by atoms with Gasteiger partial charge in [0, 0.05) is 74.1 Å². The molecule has 41 heavy (non-hydrogen) atoms. The Morgan fingerprint density at radius 1 is 0.854 bits per heavy atom. The predicted molar refractivity (Wildman–Crippen MR) is 169 cm³/mol. The van der Waals surface area contributed by atoms with Gasteiger partial charge in [-0.05, 0) is 80.1 Å². The average Bonchev–Trinajstić information content (AvgIpc) is 3.29.